The highest BCUT2D eigenvalue weighted by molar-refractivity contribution is 6.04. The van der Waals surface area contributed by atoms with Gasteiger partial charge in [-0.1, -0.05) is 13.3 Å². The number of aromatic nitrogens is 2. The number of aromatic amines is 1. The van der Waals surface area contributed by atoms with Crippen LogP contribution in [0.25, 0.3) is 0 Å². The van der Waals surface area contributed by atoms with Crippen LogP contribution in [0, 0.1) is 0 Å². The zero-order valence-corrected chi connectivity index (χ0v) is 11.6. The van der Waals surface area contributed by atoms with Crippen molar-refractivity contribution in [2.45, 2.75) is 19.8 Å². The molecule has 3 amide bonds. The van der Waals surface area contributed by atoms with Gasteiger partial charge in [0, 0.05) is 23.0 Å². The van der Waals surface area contributed by atoms with Gasteiger partial charge in [0.2, 0.25) is 0 Å². The highest BCUT2D eigenvalue weighted by Gasteiger charge is 2.08. The molecule has 2 aromatic rings. The van der Waals surface area contributed by atoms with Gasteiger partial charge in [-0.25, -0.2) is 4.79 Å². The third-order valence-corrected chi connectivity index (χ3v) is 2.81. The van der Waals surface area contributed by atoms with Crippen molar-refractivity contribution >= 4 is 23.4 Å². The Hall–Kier alpha value is -2.83. The second kappa shape index (κ2) is 6.56. The molecule has 0 aliphatic rings. The first-order valence-corrected chi connectivity index (χ1v) is 6.60. The van der Waals surface area contributed by atoms with Gasteiger partial charge >= 0.3 is 6.03 Å². The molecule has 1 aromatic carbocycles. The van der Waals surface area contributed by atoms with E-state index in [1.807, 2.05) is 6.07 Å². The van der Waals surface area contributed by atoms with Gasteiger partial charge in [0.05, 0.1) is 0 Å². The van der Waals surface area contributed by atoms with E-state index < -0.39 is 6.03 Å². The van der Waals surface area contributed by atoms with Crippen LogP contribution in [-0.4, -0.2) is 22.1 Å². The van der Waals surface area contributed by atoms with Crippen LogP contribution in [0.3, 0.4) is 0 Å². The normalized spacial score (nSPS) is 10.1. The molecule has 1 aromatic heterocycles. The van der Waals surface area contributed by atoms with Crippen LogP contribution >= 0.6 is 0 Å². The van der Waals surface area contributed by atoms with Crippen LogP contribution in [0.2, 0.25) is 0 Å². The number of urea groups is 1. The standard InChI is InChI=1S/C14H17N5O2/c1-2-3-11-8-12(19-18-11)17-13(20)9-4-6-10(7-5-9)16-14(15)21/h4-8H,2-3H2,1H3,(H3,15,16,21)(H2,17,18,19,20). The number of primary amides is 1. The Morgan fingerprint density at radius 1 is 1.24 bits per heavy atom. The monoisotopic (exact) mass is 287 g/mol. The van der Waals surface area contributed by atoms with Gasteiger partial charge in [-0.15, -0.1) is 0 Å². The third kappa shape index (κ3) is 4.07. The van der Waals surface area contributed by atoms with Gasteiger partial charge in [-0.3, -0.25) is 9.89 Å². The molecule has 0 bridgehead atoms. The lowest BCUT2D eigenvalue weighted by molar-refractivity contribution is 0.102. The molecule has 5 N–H and O–H groups in total. The van der Waals surface area contributed by atoms with Gasteiger partial charge in [-0.2, -0.15) is 5.10 Å². The Labute approximate surface area is 121 Å². The summed E-state index contributed by atoms with van der Waals surface area (Å²) in [5.74, 6) is 0.220. The number of carbonyl (C=O) groups is 2. The number of aryl methyl sites for hydroxylation is 1. The zero-order valence-electron chi connectivity index (χ0n) is 11.6. The topological polar surface area (TPSA) is 113 Å². The van der Waals surface area contributed by atoms with E-state index in [-0.39, 0.29) is 5.91 Å². The fourth-order valence-corrected chi connectivity index (χ4v) is 1.86. The van der Waals surface area contributed by atoms with Crippen molar-refractivity contribution in [1.29, 1.82) is 0 Å². The minimum atomic E-state index is -0.646. The summed E-state index contributed by atoms with van der Waals surface area (Å²) in [5.41, 5.74) is 6.99. The number of benzene rings is 1. The minimum absolute atomic E-state index is 0.268. The number of nitrogens with two attached hydrogens (primary N) is 1. The molecule has 7 nitrogen and oxygen atoms in total. The average molecular weight is 287 g/mol. The van der Waals surface area contributed by atoms with E-state index in [1.165, 1.54) is 0 Å². The van der Waals surface area contributed by atoms with Crippen molar-refractivity contribution in [3.05, 3.63) is 41.6 Å². The second-order valence-electron chi connectivity index (χ2n) is 4.55. The van der Waals surface area contributed by atoms with Gasteiger partial charge in [0.25, 0.3) is 5.91 Å². The third-order valence-electron chi connectivity index (χ3n) is 2.81. The molecule has 0 fully saturated rings. The molecule has 0 unspecified atom stereocenters. The van der Waals surface area contributed by atoms with Crippen molar-refractivity contribution in [3.63, 3.8) is 0 Å². The second-order valence-corrected chi connectivity index (χ2v) is 4.55. The predicted molar refractivity (Wildman–Crippen MR) is 80.2 cm³/mol. The molecule has 0 radical (unpaired) electrons. The minimum Gasteiger partial charge on any atom is -0.351 e. The van der Waals surface area contributed by atoms with Crippen LogP contribution in [0.15, 0.2) is 30.3 Å². The molecule has 110 valence electrons. The van der Waals surface area contributed by atoms with E-state index in [2.05, 4.69) is 27.8 Å². The fraction of sp³-hybridized carbons (Fsp3) is 0.214. The summed E-state index contributed by atoms with van der Waals surface area (Å²) < 4.78 is 0. The molecular weight excluding hydrogens is 270 g/mol. The van der Waals surface area contributed by atoms with Gasteiger partial charge in [0.1, 0.15) is 0 Å². The molecule has 0 saturated heterocycles. The maximum absolute atomic E-state index is 12.0. The van der Waals surface area contributed by atoms with E-state index in [4.69, 9.17) is 5.73 Å². The first kappa shape index (κ1) is 14.6. The number of nitrogens with one attached hydrogen (secondary N) is 3. The zero-order chi connectivity index (χ0) is 15.2. The average Bonchev–Trinajstić information content (AvgIpc) is 2.86. The Balaban J connectivity index is 2.00. The fourth-order valence-electron chi connectivity index (χ4n) is 1.86. The lowest BCUT2D eigenvalue weighted by atomic mass is 10.2. The van der Waals surface area contributed by atoms with Crippen LogP contribution in [0.1, 0.15) is 29.4 Å². The van der Waals surface area contributed by atoms with E-state index in [0.29, 0.717) is 17.1 Å². The van der Waals surface area contributed by atoms with Crippen molar-refractivity contribution in [1.82, 2.24) is 10.2 Å². The molecule has 0 spiro atoms. The maximum atomic E-state index is 12.0. The van der Waals surface area contributed by atoms with E-state index >= 15 is 0 Å². The molecule has 0 saturated carbocycles. The molecular formula is C14H17N5O2. The quantitative estimate of drug-likeness (QED) is 0.675. The molecule has 0 atom stereocenters. The first-order chi connectivity index (χ1) is 10.1. The predicted octanol–water partition coefficient (Wildman–Crippen LogP) is 2.11. The van der Waals surface area contributed by atoms with Crippen molar-refractivity contribution in [2.24, 2.45) is 5.73 Å². The number of H-pyrrole nitrogens is 1. The van der Waals surface area contributed by atoms with Crippen molar-refractivity contribution in [3.8, 4) is 0 Å². The molecule has 2 rings (SSSR count). The first-order valence-electron chi connectivity index (χ1n) is 6.60. The summed E-state index contributed by atoms with van der Waals surface area (Å²) >= 11 is 0. The van der Waals surface area contributed by atoms with Gasteiger partial charge < -0.3 is 16.4 Å². The summed E-state index contributed by atoms with van der Waals surface area (Å²) in [7, 11) is 0. The maximum Gasteiger partial charge on any atom is 0.316 e. The van der Waals surface area contributed by atoms with Crippen LogP contribution in [0.4, 0.5) is 16.3 Å². The summed E-state index contributed by atoms with van der Waals surface area (Å²) in [4.78, 5) is 22.7. The molecule has 0 aliphatic heterocycles. The lowest BCUT2D eigenvalue weighted by Crippen LogP contribution is -2.19. The number of anilines is 2. The highest BCUT2D eigenvalue weighted by Crippen LogP contribution is 2.12. The summed E-state index contributed by atoms with van der Waals surface area (Å²) in [6.45, 7) is 2.07. The molecule has 7 heteroatoms. The summed E-state index contributed by atoms with van der Waals surface area (Å²) in [5, 5.41) is 12.0. The smallest absolute Gasteiger partial charge is 0.316 e. The Bertz CT molecular complexity index is 633. The van der Waals surface area contributed by atoms with Crippen molar-refractivity contribution in [2.75, 3.05) is 10.6 Å². The Morgan fingerprint density at radius 2 is 1.95 bits per heavy atom. The van der Waals surface area contributed by atoms with Crippen LogP contribution in [0.5, 0.6) is 0 Å². The Kier molecular flexibility index (Phi) is 4.55. The number of hydrogen-bond donors (Lipinski definition) is 4. The largest absolute Gasteiger partial charge is 0.351 e. The summed E-state index contributed by atoms with van der Waals surface area (Å²) in [6.07, 6.45) is 1.89. The SMILES string of the molecule is CCCc1cc(NC(=O)c2ccc(NC(N)=O)cc2)n[nH]1. The van der Waals surface area contributed by atoms with E-state index in [1.54, 1.807) is 24.3 Å². The van der Waals surface area contributed by atoms with E-state index in [9.17, 15) is 9.59 Å². The lowest BCUT2D eigenvalue weighted by Gasteiger charge is -2.04. The Morgan fingerprint density at radius 3 is 2.57 bits per heavy atom. The van der Waals surface area contributed by atoms with Crippen LogP contribution in [-0.2, 0) is 6.42 Å². The number of amides is 3. The highest BCUT2D eigenvalue weighted by atomic mass is 16.2. The van der Waals surface area contributed by atoms with Crippen LogP contribution < -0.4 is 16.4 Å². The number of rotatable bonds is 5. The number of nitrogens with zero attached hydrogens (tertiary/aromatic N) is 1. The summed E-state index contributed by atoms with van der Waals surface area (Å²) in [6, 6.07) is 7.57. The number of carbonyl (C=O) groups excluding carboxylic acids is 2. The molecule has 0 aliphatic carbocycles. The van der Waals surface area contributed by atoms with E-state index in [0.717, 1.165) is 18.5 Å². The molecule has 1 heterocycles. The number of hydrogen-bond acceptors (Lipinski definition) is 3. The van der Waals surface area contributed by atoms with Gasteiger partial charge in [0.15, 0.2) is 5.82 Å². The molecule has 21 heavy (non-hydrogen) atoms. The van der Waals surface area contributed by atoms with Crippen molar-refractivity contribution < 1.29 is 9.59 Å². The van der Waals surface area contributed by atoms with Gasteiger partial charge in [-0.05, 0) is 30.7 Å².